The first kappa shape index (κ1) is 20.7. The molecule has 2 aromatic carbocycles. The maximum Gasteiger partial charge on any atom is 0.296 e. The Morgan fingerprint density at radius 3 is 2.23 bits per heavy atom. The lowest BCUT2D eigenvalue weighted by Gasteiger charge is -2.26. The highest BCUT2D eigenvalue weighted by molar-refractivity contribution is 6.46. The number of hydrogen-bond acceptors (Lipinski definition) is 4. The molecular formula is C26H25NO4. The average molecular weight is 415 g/mol. The fraction of sp³-hybridized carbons (Fsp3) is 0.231. The van der Waals surface area contributed by atoms with Crippen molar-refractivity contribution in [2.75, 3.05) is 0 Å². The summed E-state index contributed by atoms with van der Waals surface area (Å²) in [4.78, 5) is 27.5. The Bertz CT molecular complexity index is 1120. The largest absolute Gasteiger partial charge is 0.507 e. The van der Waals surface area contributed by atoms with Crippen LogP contribution in [-0.4, -0.2) is 21.7 Å². The van der Waals surface area contributed by atoms with Gasteiger partial charge in [-0.1, -0.05) is 75.4 Å². The Balaban J connectivity index is 1.85. The molecule has 1 aromatic heterocycles. The van der Waals surface area contributed by atoms with Crippen molar-refractivity contribution < 1.29 is 19.1 Å². The number of aliphatic hydroxyl groups is 1. The Morgan fingerprint density at radius 1 is 0.968 bits per heavy atom. The molecule has 1 N–H and O–H groups in total. The number of Topliss-reactive ketones (excluding diaryl/α,β-unsaturated/α-hetero) is 1. The summed E-state index contributed by atoms with van der Waals surface area (Å²) in [7, 11) is 0. The van der Waals surface area contributed by atoms with Crippen molar-refractivity contribution in [1.29, 1.82) is 0 Å². The summed E-state index contributed by atoms with van der Waals surface area (Å²) < 4.78 is 5.42. The van der Waals surface area contributed by atoms with Gasteiger partial charge in [0.05, 0.1) is 24.4 Å². The Labute approximate surface area is 181 Å². The van der Waals surface area contributed by atoms with Crippen molar-refractivity contribution in [1.82, 2.24) is 4.90 Å². The van der Waals surface area contributed by atoms with Gasteiger partial charge < -0.3 is 14.4 Å². The van der Waals surface area contributed by atoms with Crippen LogP contribution in [0.4, 0.5) is 0 Å². The summed E-state index contributed by atoms with van der Waals surface area (Å²) in [5.41, 5.74) is 2.46. The molecule has 5 heteroatoms. The Kier molecular flexibility index (Phi) is 5.27. The lowest BCUT2D eigenvalue weighted by Crippen LogP contribution is -2.29. The fourth-order valence-electron chi connectivity index (χ4n) is 3.88. The molecule has 1 fully saturated rings. The topological polar surface area (TPSA) is 70.8 Å². The third kappa shape index (κ3) is 3.91. The van der Waals surface area contributed by atoms with E-state index in [9.17, 15) is 14.7 Å². The molecule has 31 heavy (non-hydrogen) atoms. The van der Waals surface area contributed by atoms with Crippen LogP contribution in [0.1, 0.15) is 49.3 Å². The van der Waals surface area contributed by atoms with Crippen molar-refractivity contribution in [3.63, 3.8) is 0 Å². The van der Waals surface area contributed by atoms with Gasteiger partial charge in [0.2, 0.25) is 0 Å². The number of likely N-dealkylation sites (tertiary alicyclic amines) is 1. The van der Waals surface area contributed by atoms with Gasteiger partial charge >= 0.3 is 0 Å². The van der Waals surface area contributed by atoms with Gasteiger partial charge in [-0.3, -0.25) is 9.59 Å². The van der Waals surface area contributed by atoms with E-state index in [2.05, 4.69) is 20.8 Å². The zero-order chi connectivity index (χ0) is 22.2. The zero-order valence-corrected chi connectivity index (χ0v) is 17.8. The van der Waals surface area contributed by atoms with Crippen LogP contribution in [0, 0.1) is 0 Å². The van der Waals surface area contributed by atoms with E-state index in [-0.39, 0.29) is 23.3 Å². The lowest BCUT2D eigenvalue weighted by atomic mass is 9.85. The molecule has 1 atom stereocenters. The van der Waals surface area contributed by atoms with Crippen LogP contribution >= 0.6 is 0 Å². The van der Waals surface area contributed by atoms with Gasteiger partial charge in [-0.15, -0.1) is 0 Å². The van der Waals surface area contributed by atoms with Crippen molar-refractivity contribution in [3.8, 4) is 0 Å². The second-order valence-electron chi connectivity index (χ2n) is 8.74. The number of carbonyl (C=O) groups is 2. The third-order valence-corrected chi connectivity index (χ3v) is 5.59. The molecule has 0 saturated carbocycles. The number of nitrogens with zero attached hydrogens (tertiary/aromatic N) is 1. The van der Waals surface area contributed by atoms with Gasteiger partial charge in [-0.25, -0.2) is 0 Å². The molecule has 1 saturated heterocycles. The maximum absolute atomic E-state index is 13.0. The normalized spacial score (nSPS) is 18.5. The number of hydrogen-bond donors (Lipinski definition) is 1. The second kappa shape index (κ2) is 7.91. The number of rotatable bonds is 4. The van der Waals surface area contributed by atoms with E-state index in [1.165, 1.54) is 11.2 Å². The zero-order valence-electron chi connectivity index (χ0n) is 17.8. The van der Waals surface area contributed by atoms with E-state index in [1.54, 1.807) is 36.4 Å². The first-order chi connectivity index (χ1) is 14.8. The van der Waals surface area contributed by atoms with Crippen LogP contribution in [0.5, 0.6) is 0 Å². The van der Waals surface area contributed by atoms with Crippen molar-refractivity contribution in [2.24, 2.45) is 0 Å². The van der Waals surface area contributed by atoms with Crippen molar-refractivity contribution in [2.45, 2.75) is 38.8 Å². The quantitative estimate of drug-likeness (QED) is 0.361. The molecule has 0 aliphatic carbocycles. The van der Waals surface area contributed by atoms with E-state index in [4.69, 9.17) is 4.42 Å². The van der Waals surface area contributed by atoms with E-state index in [0.29, 0.717) is 11.3 Å². The van der Waals surface area contributed by atoms with E-state index in [1.807, 2.05) is 30.3 Å². The minimum atomic E-state index is -0.709. The molecule has 0 spiro atoms. The molecule has 1 unspecified atom stereocenters. The summed E-state index contributed by atoms with van der Waals surface area (Å²) in [5.74, 6) is -0.958. The van der Waals surface area contributed by atoms with Crippen LogP contribution in [0.2, 0.25) is 0 Å². The highest BCUT2D eigenvalue weighted by Gasteiger charge is 2.46. The minimum absolute atomic E-state index is 0.0292. The second-order valence-corrected chi connectivity index (χ2v) is 8.74. The number of carbonyl (C=O) groups excluding carboxylic acids is 2. The SMILES string of the molecule is CC(C)(C)c1ccc(C2C(=C(O)c3ccccc3)C(=O)C(=O)N2Cc2ccco2)cc1. The summed E-state index contributed by atoms with van der Waals surface area (Å²) in [6.45, 7) is 6.51. The molecule has 4 rings (SSSR count). The van der Waals surface area contributed by atoms with E-state index < -0.39 is 17.7 Å². The molecule has 1 aliphatic heterocycles. The van der Waals surface area contributed by atoms with Crippen LogP contribution in [0.3, 0.4) is 0 Å². The Morgan fingerprint density at radius 2 is 1.65 bits per heavy atom. The summed E-state index contributed by atoms with van der Waals surface area (Å²) in [5, 5.41) is 11.0. The van der Waals surface area contributed by atoms with Crippen molar-refractivity contribution in [3.05, 3.63) is 101 Å². The molecule has 2 heterocycles. The molecule has 5 nitrogen and oxygen atoms in total. The predicted octanol–water partition coefficient (Wildman–Crippen LogP) is 5.20. The fourth-order valence-corrected chi connectivity index (χ4v) is 3.88. The van der Waals surface area contributed by atoms with Crippen LogP contribution in [-0.2, 0) is 21.5 Å². The summed E-state index contributed by atoms with van der Waals surface area (Å²) in [6, 6.07) is 19.5. The number of amides is 1. The van der Waals surface area contributed by atoms with Crippen LogP contribution < -0.4 is 0 Å². The first-order valence-electron chi connectivity index (χ1n) is 10.2. The predicted molar refractivity (Wildman–Crippen MR) is 118 cm³/mol. The van der Waals surface area contributed by atoms with Gasteiger partial charge in [0.15, 0.2) is 0 Å². The highest BCUT2D eigenvalue weighted by atomic mass is 16.3. The number of furan rings is 1. The lowest BCUT2D eigenvalue weighted by molar-refractivity contribution is -0.140. The molecule has 158 valence electrons. The van der Waals surface area contributed by atoms with Crippen molar-refractivity contribution >= 4 is 17.4 Å². The van der Waals surface area contributed by atoms with Gasteiger partial charge in [-0.2, -0.15) is 0 Å². The highest BCUT2D eigenvalue weighted by Crippen LogP contribution is 2.40. The van der Waals surface area contributed by atoms with Gasteiger partial charge in [-0.05, 0) is 28.7 Å². The summed E-state index contributed by atoms with van der Waals surface area (Å²) in [6.07, 6.45) is 1.53. The standard InChI is InChI=1S/C26H25NO4/c1-26(2,3)19-13-11-17(12-14-19)22-21(23(28)18-8-5-4-6-9-18)24(29)25(30)27(22)16-20-10-7-15-31-20/h4-15,22,28H,16H2,1-3H3. The first-order valence-corrected chi connectivity index (χ1v) is 10.2. The Hall–Kier alpha value is -3.60. The maximum atomic E-state index is 13.0. The molecule has 1 amide bonds. The van der Waals surface area contributed by atoms with Crippen LogP contribution in [0.15, 0.2) is 83.0 Å². The van der Waals surface area contributed by atoms with Gasteiger partial charge in [0.25, 0.3) is 11.7 Å². The molecule has 0 radical (unpaired) electrons. The summed E-state index contributed by atoms with van der Waals surface area (Å²) >= 11 is 0. The number of ketones is 1. The number of aliphatic hydroxyl groups excluding tert-OH is 1. The van der Waals surface area contributed by atoms with Crippen LogP contribution in [0.25, 0.3) is 5.76 Å². The van der Waals surface area contributed by atoms with Gasteiger partial charge in [0.1, 0.15) is 11.5 Å². The number of benzene rings is 2. The minimum Gasteiger partial charge on any atom is -0.507 e. The monoisotopic (exact) mass is 415 g/mol. The smallest absolute Gasteiger partial charge is 0.296 e. The molecule has 1 aliphatic rings. The van der Waals surface area contributed by atoms with E-state index in [0.717, 1.165) is 11.1 Å². The van der Waals surface area contributed by atoms with E-state index >= 15 is 0 Å². The van der Waals surface area contributed by atoms with Gasteiger partial charge in [0, 0.05) is 5.56 Å². The molecule has 3 aromatic rings. The molecule has 0 bridgehead atoms. The molecular weight excluding hydrogens is 390 g/mol. The third-order valence-electron chi connectivity index (χ3n) is 5.59. The average Bonchev–Trinajstić information content (AvgIpc) is 3.36.